The topological polar surface area (TPSA) is 51.1 Å². The first-order valence-corrected chi connectivity index (χ1v) is 7.91. The van der Waals surface area contributed by atoms with Crippen LogP contribution in [-0.2, 0) is 13.5 Å². The molecule has 0 atom stereocenters. The highest BCUT2D eigenvalue weighted by atomic mass is 32.1. The van der Waals surface area contributed by atoms with Crippen LogP contribution in [0.1, 0.15) is 40.7 Å². The Morgan fingerprint density at radius 1 is 1.29 bits per heavy atom. The zero-order valence-corrected chi connectivity index (χ0v) is 13.4. The first-order valence-electron chi connectivity index (χ1n) is 7.09. The van der Waals surface area contributed by atoms with E-state index in [9.17, 15) is 9.59 Å². The summed E-state index contributed by atoms with van der Waals surface area (Å²) < 4.78 is 1.49. The Balaban J connectivity index is 2.09. The van der Waals surface area contributed by atoms with Crippen LogP contribution in [0.2, 0.25) is 0 Å². The SMILES string of the molecule is CCCCc1ccc(NC(=O)c2sc(=O)n(C)c2C)cc1. The smallest absolute Gasteiger partial charge is 0.307 e. The minimum atomic E-state index is -0.225. The summed E-state index contributed by atoms with van der Waals surface area (Å²) in [6.45, 7) is 3.95. The minimum absolute atomic E-state index is 0.118. The third kappa shape index (κ3) is 3.61. The first-order chi connectivity index (χ1) is 10.0. The van der Waals surface area contributed by atoms with Crippen LogP contribution >= 0.6 is 11.3 Å². The predicted molar refractivity (Wildman–Crippen MR) is 87.3 cm³/mol. The molecule has 1 aromatic carbocycles. The van der Waals surface area contributed by atoms with E-state index in [1.807, 2.05) is 24.3 Å². The molecular formula is C16H20N2O2S. The van der Waals surface area contributed by atoms with Crippen molar-refractivity contribution in [3.8, 4) is 0 Å². The number of carbonyl (C=O) groups excluding carboxylic acids is 1. The van der Waals surface area contributed by atoms with Gasteiger partial charge >= 0.3 is 4.87 Å². The third-order valence-corrected chi connectivity index (χ3v) is 4.67. The number of hydrogen-bond acceptors (Lipinski definition) is 3. The van der Waals surface area contributed by atoms with Crippen LogP contribution in [-0.4, -0.2) is 10.5 Å². The molecule has 0 unspecified atom stereocenters. The number of anilines is 1. The molecule has 1 amide bonds. The second-order valence-corrected chi connectivity index (χ2v) is 6.06. The van der Waals surface area contributed by atoms with Crippen LogP contribution in [0.15, 0.2) is 29.1 Å². The molecule has 0 radical (unpaired) electrons. The first kappa shape index (κ1) is 15.5. The van der Waals surface area contributed by atoms with Crippen molar-refractivity contribution in [1.29, 1.82) is 0 Å². The molecule has 4 nitrogen and oxygen atoms in total. The van der Waals surface area contributed by atoms with Crippen LogP contribution in [0, 0.1) is 6.92 Å². The van der Waals surface area contributed by atoms with E-state index < -0.39 is 0 Å². The van der Waals surface area contributed by atoms with Crippen molar-refractivity contribution < 1.29 is 4.79 Å². The van der Waals surface area contributed by atoms with Crippen molar-refractivity contribution in [3.63, 3.8) is 0 Å². The standard InChI is InChI=1S/C16H20N2O2S/c1-4-5-6-12-7-9-13(10-8-12)17-15(19)14-11(2)18(3)16(20)21-14/h7-10H,4-6H2,1-3H3,(H,17,19). The van der Waals surface area contributed by atoms with Crippen LogP contribution in [0.4, 0.5) is 5.69 Å². The van der Waals surface area contributed by atoms with E-state index in [0.717, 1.165) is 23.4 Å². The van der Waals surface area contributed by atoms with Crippen molar-refractivity contribution in [3.05, 3.63) is 50.1 Å². The number of aryl methyl sites for hydroxylation is 1. The molecule has 2 rings (SSSR count). The summed E-state index contributed by atoms with van der Waals surface area (Å²) in [6.07, 6.45) is 3.40. The highest BCUT2D eigenvalue weighted by molar-refractivity contribution is 7.11. The van der Waals surface area contributed by atoms with Gasteiger partial charge in [0.15, 0.2) is 0 Å². The summed E-state index contributed by atoms with van der Waals surface area (Å²) in [6, 6.07) is 7.88. The highest BCUT2D eigenvalue weighted by Crippen LogP contribution is 2.16. The van der Waals surface area contributed by atoms with Gasteiger partial charge in [0.05, 0.1) is 0 Å². The second-order valence-electron chi connectivity index (χ2n) is 5.10. The zero-order chi connectivity index (χ0) is 15.4. The van der Waals surface area contributed by atoms with Gasteiger partial charge < -0.3 is 9.88 Å². The van der Waals surface area contributed by atoms with Gasteiger partial charge in [0.2, 0.25) is 0 Å². The molecule has 0 saturated carbocycles. The zero-order valence-electron chi connectivity index (χ0n) is 12.6. The van der Waals surface area contributed by atoms with E-state index in [1.165, 1.54) is 23.0 Å². The molecule has 21 heavy (non-hydrogen) atoms. The third-order valence-electron chi connectivity index (χ3n) is 3.53. The summed E-state index contributed by atoms with van der Waals surface area (Å²) in [5, 5.41) is 2.84. The van der Waals surface area contributed by atoms with E-state index in [4.69, 9.17) is 0 Å². The Labute approximate surface area is 128 Å². The highest BCUT2D eigenvalue weighted by Gasteiger charge is 2.15. The van der Waals surface area contributed by atoms with Gasteiger partial charge in [-0.3, -0.25) is 9.59 Å². The van der Waals surface area contributed by atoms with E-state index in [2.05, 4.69) is 12.2 Å². The molecule has 2 aromatic rings. The van der Waals surface area contributed by atoms with Crippen LogP contribution in [0.5, 0.6) is 0 Å². The van der Waals surface area contributed by atoms with Crippen molar-refractivity contribution in [2.24, 2.45) is 7.05 Å². The maximum atomic E-state index is 12.2. The van der Waals surface area contributed by atoms with Gasteiger partial charge in [-0.05, 0) is 37.5 Å². The summed E-state index contributed by atoms with van der Waals surface area (Å²) >= 11 is 0.978. The molecule has 0 aliphatic heterocycles. The summed E-state index contributed by atoms with van der Waals surface area (Å²) in [7, 11) is 1.67. The fourth-order valence-corrected chi connectivity index (χ4v) is 2.93. The Hall–Kier alpha value is -1.88. The quantitative estimate of drug-likeness (QED) is 0.921. The van der Waals surface area contributed by atoms with Gasteiger partial charge in [-0.2, -0.15) is 0 Å². The predicted octanol–water partition coefficient (Wildman–Crippen LogP) is 3.35. The molecule has 0 fully saturated rings. The van der Waals surface area contributed by atoms with Gasteiger partial charge in [0.25, 0.3) is 5.91 Å². The molecule has 0 saturated heterocycles. The van der Waals surface area contributed by atoms with E-state index in [-0.39, 0.29) is 10.8 Å². The van der Waals surface area contributed by atoms with Crippen molar-refractivity contribution in [1.82, 2.24) is 4.57 Å². The van der Waals surface area contributed by atoms with Gasteiger partial charge in [-0.15, -0.1) is 0 Å². The van der Waals surface area contributed by atoms with E-state index in [0.29, 0.717) is 10.6 Å². The molecule has 112 valence electrons. The number of nitrogens with one attached hydrogen (secondary N) is 1. The van der Waals surface area contributed by atoms with Crippen LogP contribution < -0.4 is 10.2 Å². The average Bonchev–Trinajstić information content (AvgIpc) is 2.74. The molecule has 1 heterocycles. The molecule has 1 aromatic heterocycles. The number of aromatic nitrogens is 1. The number of unbranched alkanes of at least 4 members (excludes halogenated alkanes) is 1. The second kappa shape index (κ2) is 6.72. The summed E-state index contributed by atoms with van der Waals surface area (Å²) in [5.74, 6) is -0.225. The lowest BCUT2D eigenvalue weighted by Crippen LogP contribution is -2.12. The Morgan fingerprint density at radius 2 is 1.95 bits per heavy atom. The Bertz CT molecular complexity index is 683. The number of nitrogens with zero attached hydrogens (tertiary/aromatic N) is 1. The largest absolute Gasteiger partial charge is 0.321 e. The molecule has 5 heteroatoms. The fourth-order valence-electron chi connectivity index (χ4n) is 2.05. The van der Waals surface area contributed by atoms with Gasteiger partial charge in [0, 0.05) is 18.4 Å². The molecule has 1 N–H and O–H groups in total. The van der Waals surface area contributed by atoms with Crippen LogP contribution in [0.25, 0.3) is 0 Å². The molecule has 0 spiro atoms. The maximum Gasteiger partial charge on any atom is 0.307 e. The molecule has 0 aliphatic carbocycles. The molecule has 0 aliphatic rings. The van der Waals surface area contributed by atoms with Gasteiger partial charge in [0.1, 0.15) is 4.88 Å². The van der Waals surface area contributed by atoms with Crippen molar-refractivity contribution >= 4 is 22.9 Å². The monoisotopic (exact) mass is 304 g/mol. The molecular weight excluding hydrogens is 284 g/mol. The number of hydrogen-bond donors (Lipinski definition) is 1. The lowest BCUT2D eigenvalue weighted by Gasteiger charge is -2.06. The van der Waals surface area contributed by atoms with Gasteiger partial charge in [-0.25, -0.2) is 0 Å². The number of carbonyl (C=O) groups is 1. The van der Waals surface area contributed by atoms with Crippen molar-refractivity contribution in [2.75, 3.05) is 5.32 Å². The Kier molecular flexibility index (Phi) is 4.96. The van der Waals surface area contributed by atoms with E-state index >= 15 is 0 Å². The number of rotatable bonds is 5. The number of thiazole rings is 1. The normalized spacial score (nSPS) is 10.6. The fraction of sp³-hybridized carbons (Fsp3) is 0.375. The maximum absolute atomic E-state index is 12.2. The summed E-state index contributed by atoms with van der Waals surface area (Å²) in [5.41, 5.74) is 2.72. The number of benzene rings is 1. The average molecular weight is 304 g/mol. The molecule has 0 bridgehead atoms. The Morgan fingerprint density at radius 3 is 2.48 bits per heavy atom. The number of amides is 1. The van der Waals surface area contributed by atoms with Crippen molar-refractivity contribution in [2.45, 2.75) is 33.1 Å². The lowest BCUT2D eigenvalue weighted by molar-refractivity contribution is 0.102. The van der Waals surface area contributed by atoms with Gasteiger partial charge in [-0.1, -0.05) is 36.8 Å². The lowest BCUT2D eigenvalue weighted by atomic mass is 10.1. The van der Waals surface area contributed by atoms with Crippen LogP contribution in [0.3, 0.4) is 0 Å². The minimum Gasteiger partial charge on any atom is -0.321 e. The van der Waals surface area contributed by atoms with E-state index in [1.54, 1.807) is 14.0 Å². The summed E-state index contributed by atoms with van der Waals surface area (Å²) in [4.78, 5) is 24.1.